The molecule has 1 atom stereocenters. The first kappa shape index (κ1) is 27.5. The smallest absolute Gasteiger partial charge is 0.331 e. The van der Waals surface area contributed by atoms with Gasteiger partial charge in [-0.2, -0.15) is 0 Å². The van der Waals surface area contributed by atoms with Crippen LogP contribution in [0.3, 0.4) is 0 Å². The van der Waals surface area contributed by atoms with E-state index in [2.05, 4.69) is 5.32 Å². The van der Waals surface area contributed by atoms with Crippen molar-refractivity contribution in [3.8, 4) is 16.9 Å². The highest BCUT2D eigenvalue weighted by Crippen LogP contribution is 2.24. The molecular formula is C29H28F2N4O4. The zero-order chi connectivity index (χ0) is 28.1. The van der Waals surface area contributed by atoms with Crippen LogP contribution < -0.4 is 27.0 Å². The molecule has 4 rings (SSSR count). The number of nitrogens with zero attached hydrogens (tertiary/aromatic N) is 2. The Bertz CT molecular complexity index is 1600. The van der Waals surface area contributed by atoms with Gasteiger partial charge in [0.1, 0.15) is 23.4 Å². The number of nitrogens with two attached hydrogens (primary N) is 1. The van der Waals surface area contributed by atoms with Gasteiger partial charge in [0.2, 0.25) is 5.91 Å². The van der Waals surface area contributed by atoms with Crippen molar-refractivity contribution < 1.29 is 18.3 Å². The number of ether oxygens (including phenoxy) is 1. The molecule has 3 N–H and O–H groups in total. The van der Waals surface area contributed by atoms with E-state index in [4.69, 9.17) is 10.5 Å². The zero-order valence-electron chi connectivity index (χ0n) is 21.5. The highest BCUT2D eigenvalue weighted by molar-refractivity contribution is 5.81. The van der Waals surface area contributed by atoms with Gasteiger partial charge in [-0.1, -0.05) is 48.5 Å². The lowest BCUT2D eigenvalue weighted by atomic mass is 10.0. The van der Waals surface area contributed by atoms with Crippen LogP contribution in [0, 0.1) is 18.6 Å². The van der Waals surface area contributed by atoms with E-state index in [1.165, 1.54) is 20.1 Å². The Morgan fingerprint density at radius 3 is 2.31 bits per heavy atom. The van der Waals surface area contributed by atoms with Gasteiger partial charge in [0, 0.05) is 17.8 Å². The predicted octanol–water partition coefficient (Wildman–Crippen LogP) is 2.96. The summed E-state index contributed by atoms with van der Waals surface area (Å²) in [4.78, 5) is 39.9. The lowest BCUT2D eigenvalue weighted by Crippen LogP contribution is -2.50. The van der Waals surface area contributed by atoms with Gasteiger partial charge in [0.15, 0.2) is 0 Å². The molecule has 3 aromatic carbocycles. The first-order valence-electron chi connectivity index (χ1n) is 12.2. The molecule has 1 aromatic heterocycles. The van der Waals surface area contributed by atoms with Gasteiger partial charge in [0.05, 0.1) is 25.8 Å². The van der Waals surface area contributed by atoms with Crippen molar-refractivity contribution in [2.45, 2.75) is 32.6 Å². The van der Waals surface area contributed by atoms with Crippen LogP contribution in [-0.2, 0) is 24.4 Å². The molecule has 1 heterocycles. The average Bonchev–Trinajstić information content (AvgIpc) is 2.94. The van der Waals surface area contributed by atoms with Crippen LogP contribution in [0.4, 0.5) is 8.78 Å². The molecule has 202 valence electrons. The Labute approximate surface area is 223 Å². The van der Waals surface area contributed by atoms with Gasteiger partial charge in [-0.25, -0.2) is 13.6 Å². The minimum atomic E-state index is -1.25. The molecule has 39 heavy (non-hydrogen) atoms. The number of aromatic nitrogens is 2. The van der Waals surface area contributed by atoms with Gasteiger partial charge < -0.3 is 15.8 Å². The van der Waals surface area contributed by atoms with Crippen LogP contribution in [-0.4, -0.2) is 28.2 Å². The quantitative estimate of drug-likeness (QED) is 0.343. The van der Waals surface area contributed by atoms with Gasteiger partial charge in [-0.05, 0) is 42.3 Å². The van der Waals surface area contributed by atoms with Crippen molar-refractivity contribution in [2.24, 2.45) is 5.73 Å². The van der Waals surface area contributed by atoms with Crippen LogP contribution in [0.15, 0.2) is 82.4 Å². The van der Waals surface area contributed by atoms with Gasteiger partial charge in [-0.3, -0.25) is 18.7 Å². The highest BCUT2D eigenvalue weighted by atomic mass is 19.1. The summed E-state index contributed by atoms with van der Waals surface area (Å²) in [6.07, 6.45) is 0. The second-order valence-electron chi connectivity index (χ2n) is 8.99. The third-order valence-electron chi connectivity index (χ3n) is 6.45. The molecule has 0 aliphatic heterocycles. The van der Waals surface area contributed by atoms with Crippen LogP contribution in [0.1, 0.15) is 16.8 Å². The molecule has 0 saturated carbocycles. The van der Waals surface area contributed by atoms with Crippen LogP contribution in [0.2, 0.25) is 0 Å². The molecule has 0 unspecified atom stereocenters. The summed E-state index contributed by atoms with van der Waals surface area (Å²) >= 11 is 0. The summed E-state index contributed by atoms with van der Waals surface area (Å²) in [5.74, 6) is -1.77. The third-order valence-corrected chi connectivity index (χ3v) is 6.45. The molecule has 8 nitrogen and oxygen atoms in total. The number of carbonyl (C=O) groups excluding carboxylic acids is 1. The number of nitrogens with one attached hydrogen (secondary N) is 1. The fourth-order valence-corrected chi connectivity index (χ4v) is 4.30. The largest absolute Gasteiger partial charge is 0.497 e. The van der Waals surface area contributed by atoms with Gasteiger partial charge in [-0.15, -0.1) is 0 Å². The summed E-state index contributed by atoms with van der Waals surface area (Å²) in [6.45, 7) is 0.806. The van der Waals surface area contributed by atoms with E-state index in [1.54, 1.807) is 24.3 Å². The van der Waals surface area contributed by atoms with Gasteiger partial charge in [0.25, 0.3) is 5.56 Å². The SMILES string of the molecule is COc1cccc(-c2c(C)n(Cc3c(F)cccc3F)c(=O)n(C[C@H](N)C(=O)NCc3ccccc3)c2=O)c1. The summed E-state index contributed by atoms with van der Waals surface area (Å²) in [5.41, 5.74) is 5.82. The van der Waals surface area contributed by atoms with Crippen molar-refractivity contribution in [3.05, 3.63) is 122 Å². The lowest BCUT2D eigenvalue weighted by Gasteiger charge is -2.20. The van der Waals surface area contributed by atoms with Crippen LogP contribution >= 0.6 is 0 Å². The summed E-state index contributed by atoms with van der Waals surface area (Å²) < 4.78 is 36.3. The average molecular weight is 535 g/mol. The Balaban J connectivity index is 1.78. The Hall–Kier alpha value is -4.57. The number of benzene rings is 3. The number of hydrogen-bond acceptors (Lipinski definition) is 5. The summed E-state index contributed by atoms with van der Waals surface area (Å²) in [7, 11) is 1.47. The van der Waals surface area contributed by atoms with Gasteiger partial charge >= 0.3 is 5.69 Å². The topological polar surface area (TPSA) is 108 Å². The lowest BCUT2D eigenvalue weighted by molar-refractivity contribution is -0.122. The molecule has 0 aliphatic carbocycles. The molecule has 0 fully saturated rings. The number of rotatable bonds is 9. The molecule has 0 radical (unpaired) electrons. The first-order valence-corrected chi connectivity index (χ1v) is 12.2. The van der Waals surface area contributed by atoms with E-state index in [0.717, 1.165) is 26.8 Å². The molecule has 0 saturated heterocycles. The van der Waals surface area contributed by atoms with Crippen molar-refractivity contribution in [3.63, 3.8) is 0 Å². The van der Waals surface area contributed by atoms with Crippen molar-refractivity contribution in [1.82, 2.24) is 14.5 Å². The predicted molar refractivity (Wildman–Crippen MR) is 143 cm³/mol. The van der Waals surface area contributed by atoms with Crippen molar-refractivity contribution in [1.29, 1.82) is 0 Å². The minimum absolute atomic E-state index is 0.113. The Kier molecular flexibility index (Phi) is 8.36. The monoisotopic (exact) mass is 534 g/mol. The second-order valence-corrected chi connectivity index (χ2v) is 8.99. The highest BCUT2D eigenvalue weighted by Gasteiger charge is 2.23. The second kappa shape index (κ2) is 11.9. The minimum Gasteiger partial charge on any atom is -0.497 e. The number of amides is 1. The standard InChI is InChI=1S/C29H28F2N4O4/c1-18-26(20-10-6-11-21(14-20)39-2)28(37)35(17-25(32)27(36)33-15-19-8-4-3-5-9-19)29(38)34(18)16-22-23(30)12-7-13-24(22)31/h3-14,25H,15-17,32H2,1-2H3,(H,33,36)/t25-/m0/s1. The molecule has 0 bridgehead atoms. The number of halogens is 2. The number of carbonyl (C=O) groups is 1. The van der Waals surface area contributed by atoms with Crippen molar-refractivity contribution >= 4 is 5.91 Å². The molecule has 4 aromatic rings. The van der Waals surface area contributed by atoms with Crippen molar-refractivity contribution in [2.75, 3.05) is 7.11 Å². The normalized spacial score (nSPS) is 11.7. The summed E-state index contributed by atoms with van der Waals surface area (Å²) in [6, 6.07) is 17.9. The maximum absolute atomic E-state index is 14.5. The van der Waals surface area contributed by atoms with E-state index < -0.39 is 47.9 Å². The molecule has 10 heteroatoms. The summed E-state index contributed by atoms with van der Waals surface area (Å²) in [5, 5.41) is 2.70. The molecule has 0 spiro atoms. The van der Waals surface area contributed by atoms with E-state index in [9.17, 15) is 23.2 Å². The van der Waals surface area contributed by atoms with Crippen LogP contribution in [0.25, 0.3) is 11.1 Å². The van der Waals surface area contributed by atoms with E-state index in [1.807, 2.05) is 30.3 Å². The van der Waals surface area contributed by atoms with E-state index >= 15 is 0 Å². The maximum Gasteiger partial charge on any atom is 0.331 e. The van der Waals surface area contributed by atoms with E-state index in [0.29, 0.717) is 11.3 Å². The van der Waals surface area contributed by atoms with Crippen LogP contribution in [0.5, 0.6) is 5.75 Å². The molecule has 0 aliphatic rings. The number of hydrogen-bond donors (Lipinski definition) is 2. The Morgan fingerprint density at radius 1 is 0.974 bits per heavy atom. The maximum atomic E-state index is 14.5. The Morgan fingerprint density at radius 2 is 1.64 bits per heavy atom. The number of methoxy groups -OCH3 is 1. The zero-order valence-corrected chi connectivity index (χ0v) is 21.5. The third kappa shape index (κ3) is 5.96. The molecular weight excluding hydrogens is 506 g/mol. The molecule has 1 amide bonds. The fraction of sp³-hybridized carbons (Fsp3) is 0.207. The van der Waals surface area contributed by atoms with E-state index in [-0.39, 0.29) is 23.4 Å². The fourth-order valence-electron chi connectivity index (χ4n) is 4.30. The first-order chi connectivity index (χ1) is 18.7.